The second-order valence-electron chi connectivity index (χ2n) is 18.1. The number of hydrogen-bond acceptors (Lipinski definition) is 2. The fourth-order valence-electron chi connectivity index (χ4n) is 10.5. The molecule has 0 spiro atoms. The molecule has 13 rings (SSSR count). The largest absolute Gasteiger partial charge is 1.00 e. The highest BCUT2D eigenvalue weighted by molar-refractivity contribution is 6.25. The van der Waals surface area contributed by atoms with Gasteiger partial charge in [-0.3, -0.25) is 0 Å². The third-order valence-electron chi connectivity index (χ3n) is 13.8. The lowest BCUT2D eigenvalue weighted by atomic mass is 9.89. The number of hydrogen-bond donors (Lipinski definition) is 2. The molecule has 9 heterocycles. The van der Waals surface area contributed by atoms with E-state index in [2.05, 4.69) is 230 Å². The van der Waals surface area contributed by atoms with E-state index in [1.807, 2.05) is 21.1 Å². The summed E-state index contributed by atoms with van der Waals surface area (Å²) in [6.45, 7) is 0. The summed E-state index contributed by atoms with van der Waals surface area (Å²) in [6.07, 6.45) is 23.4. The Bertz CT molecular complexity index is 4060. The van der Waals surface area contributed by atoms with Gasteiger partial charge in [0.1, 0.15) is 28.2 Å². The van der Waals surface area contributed by atoms with E-state index in [9.17, 15) is 0 Å². The van der Waals surface area contributed by atoms with Gasteiger partial charge in [-0.2, -0.15) is 0 Å². The summed E-state index contributed by atoms with van der Waals surface area (Å²) in [5.74, 6) is 0. The minimum Gasteiger partial charge on any atom is -1.00 e. The minimum absolute atomic E-state index is 0. The maximum absolute atomic E-state index is 5.66. The Labute approximate surface area is 441 Å². The lowest BCUT2D eigenvalue weighted by molar-refractivity contribution is -0.671. The van der Waals surface area contributed by atoms with Crippen LogP contribution < -0.4 is 67.9 Å². The lowest BCUT2D eigenvalue weighted by Gasteiger charge is -2.15. The third kappa shape index (κ3) is 8.16. The predicted octanol–water partition coefficient (Wildman–Crippen LogP) is -0.798. The molecule has 2 aliphatic rings. The van der Waals surface area contributed by atoms with E-state index in [1.54, 1.807) is 0 Å². The molecule has 4 aromatic carbocycles. The highest BCUT2D eigenvalue weighted by Gasteiger charge is 2.26. The molecule has 0 saturated carbocycles. The van der Waals surface area contributed by atoms with Gasteiger partial charge in [0.2, 0.25) is 5.69 Å². The first-order valence-corrected chi connectivity index (χ1v) is 23.0. The highest BCUT2D eigenvalue weighted by atomic mass is 35.5. The number of nitrogens with one attached hydrogen (secondary N) is 2. The molecule has 0 fully saturated rings. The van der Waals surface area contributed by atoms with Crippen molar-refractivity contribution in [3.05, 3.63) is 194 Å². The fraction of sp³-hybridized carbons (Fsp3) is 0.0667. The number of halogens is 4. The molecule has 2 aliphatic heterocycles. The summed E-state index contributed by atoms with van der Waals surface area (Å²) in [5.41, 5.74) is 17.9. The summed E-state index contributed by atoms with van der Waals surface area (Å²) in [5, 5.41) is 7.53. The zero-order valence-electron chi connectivity index (χ0n) is 39.7. The van der Waals surface area contributed by atoms with E-state index in [1.165, 1.54) is 32.3 Å². The van der Waals surface area contributed by atoms with Gasteiger partial charge in [0, 0.05) is 86.8 Å². The van der Waals surface area contributed by atoms with Gasteiger partial charge in [-0.05, 0) is 110 Å². The van der Waals surface area contributed by atoms with E-state index < -0.39 is 0 Å². The van der Waals surface area contributed by atoms with E-state index in [0.29, 0.717) is 0 Å². The Hall–Kier alpha value is -7.72. The molecular weight excluding hydrogens is 975 g/mol. The molecule has 354 valence electrons. The van der Waals surface area contributed by atoms with Gasteiger partial charge >= 0.3 is 0 Å². The van der Waals surface area contributed by atoms with Crippen molar-refractivity contribution in [2.75, 3.05) is 0 Å². The standard InChI is InChI=1S/C60H45N8.4ClH/c1-65-31-24-40(25-32-65)56-46-16-18-48(61-46)57(41-26-33-66(2)34-27-41)50-20-22-52(63-50)59(53-23-21-51(64-53)58(49-19-17-47(56)62-49)42-28-35-67(3)36-29-42)45-9-6-30-68(4)60(45)44-15-13-39-11-10-37-7-5-8-38-12-14-43(44)55(39)54(37)38;;;;/h5-36H,1-4H3,(H,61,62,63,64);4*1H/q+3;;;;/p-3. The molecule has 0 aliphatic carbocycles. The van der Waals surface area contributed by atoms with Gasteiger partial charge < -0.3 is 59.6 Å². The van der Waals surface area contributed by atoms with E-state index in [4.69, 9.17) is 9.97 Å². The SMILES string of the molecule is C[n+]1ccc(-c2c3nc(c(-c4cc[n+](C)cc4)c4ccc([nH]4)c(-c4ccc[n+](C)c4-c4ccc5ccc6cccc7ccc4c5c67)c4nc(c(-c5cc[n+](C)cc5)c5ccc2[nH]5)C=C4)C=C3)cc1.[Cl-].[Cl-].[Cl-].[Cl-]. The number of rotatable bonds is 5. The van der Waals surface area contributed by atoms with Crippen LogP contribution in [0.4, 0.5) is 0 Å². The van der Waals surface area contributed by atoms with Crippen LogP contribution in [-0.4, -0.2) is 19.9 Å². The van der Waals surface area contributed by atoms with Gasteiger partial charge in [0.25, 0.3) is 0 Å². The van der Waals surface area contributed by atoms with Crippen LogP contribution in [0, 0.1) is 0 Å². The lowest BCUT2D eigenvalue weighted by Crippen LogP contribution is -3.00. The molecular formula is C60H46Cl4N8. The zero-order valence-corrected chi connectivity index (χ0v) is 42.7. The monoisotopic (exact) mass is 1020 g/mol. The molecule has 2 N–H and O–H groups in total. The van der Waals surface area contributed by atoms with Gasteiger partial charge in [-0.1, -0.05) is 48.5 Å². The summed E-state index contributed by atoms with van der Waals surface area (Å²) in [6, 6.07) is 46.4. The average Bonchev–Trinajstić information content (AvgIpc) is 4.21. The second-order valence-corrected chi connectivity index (χ2v) is 18.1. The number of nitrogens with zero attached hydrogens (tertiary/aromatic N) is 6. The van der Waals surface area contributed by atoms with Crippen LogP contribution in [-0.2, 0) is 28.2 Å². The van der Waals surface area contributed by atoms with E-state index in [0.717, 1.165) is 101 Å². The third-order valence-corrected chi connectivity index (χ3v) is 13.8. The molecule has 0 unspecified atom stereocenters. The van der Waals surface area contributed by atoms with E-state index in [-0.39, 0.29) is 49.6 Å². The van der Waals surface area contributed by atoms with Crippen molar-refractivity contribution in [1.29, 1.82) is 0 Å². The van der Waals surface area contributed by atoms with Crippen molar-refractivity contribution in [2.45, 2.75) is 0 Å². The van der Waals surface area contributed by atoms with Crippen molar-refractivity contribution < 1.29 is 67.9 Å². The first-order valence-electron chi connectivity index (χ1n) is 23.0. The Morgan fingerprint density at radius 3 is 1.19 bits per heavy atom. The molecule has 8 nitrogen and oxygen atoms in total. The Kier molecular flexibility index (Phi) is 13.3. The smallest absolute Gasteiger partial charge is 0.220 e. The van der Waals surface area contributed by atoms with Gasteiger partial charge in [-0.15, -0.1) is 0 Å². The van der Waals surface area contributed by atoms with Crippen LogP contribution in [0.3, 0.4) is 0 Å². The first kappa shape index (κ1) is 49.3. The molecule has 11 aromatic rings. The first-order chi connectivity index (χ1) is 33.3. The minimum atomic E-state index is 0. The van der Waals surface area contributed by atoms with Crippen LogP contribution in [0.25, 0.3) is 134 Å². The molecule has 7 aromatic heterocycles. The summed E-state index contributed by atoms with van der Waals surface area (Å²) in [4.78, 5) is 19.1. The van der Waals surface area contributed by atoms with Crippen molar-refractivity contribution in [1.82, 2.24) is 19.9 Å². The van der Waals surface area contributed by atoms with Crippen LogP contribution in [0.15, 0.2) is 171 Å². The number of H-pyrrole nitrogens is 2. The molecule has 0 amide bonds. The number of benzene rings is 4. The molecule has 12 heteroatoms. The number of fused-ring (bicyclic) bond motifs is 8. The fourth-order valence-corrected chi connectivity index (χ4v) is 10.5. The number of aromatic nitrogens is 8. The highest BCUT2D eigenvalue weighted by Crippen LogP contribution is 2.43. The molecule has 0 radical (unpaired) electrons. The zero-order chi connectivity index (χ0) is 45.6. The topological polar surface area (TPSA) is 72.9 Å². The summed E-state index contributed by atoms with van der Waals surface area (Å²) >= 11 is 0. The molecule has 0 atom stereocenters. The summed E-state index contributed by atoms with van der Waals surface area (Å²) in [7, 11) is 8.29. The Morgan fingerprint density at radius 1 is 0.347 bits per heavy atom. The van der Waals surface area contributed by atoms with Crippen molar-refractivity contribution in [3.8, 4) is 55.8 Å². The Morgan fingerprint density at radius 2 is 0.736 bits per heavy atom. The quantitative estimate of drug-likeness (QED) is 0.176. The maximum atomic E-state index is 5.66. The van der Waals surface area contributed by atoms with Gasteiger partial charge in [-0.25, -0.2) is 28.2 Å². The second kappa shape index (κ2) is 19.5. The number of pyridine rings is 4. The van der Waals surface area contributed by atoms with Crippen LogP contribution in [0.1, 0.15) is 22.8 Å². The maximum Gasteiger partial charge on any atom is 0.220 e. The molecule has 0 saturated heterocycles. The van der Waals surface area contributed by atoms with Crippen molar-refractivity contribution in [3.63, 3.8) is 0 Å². The predicted molar refractivity (Wildman–Crippen MR) is 274 cm³/mol. The number of aryl methyl sites for hydroxylation is 4. The normalized spacial score (nSPS) is 11.6. The van der Waals surface area contributed by atoms with Gasteiger partial charge in [0.05, 0.1) is 33.9 Å². The molecule has 72 heavy (non-hydrogen) atoms. The van der Waals surface area contributed by atoms with Crippen molar-refractivity contribution in [2.24, 2.45) is 28.2 Å². The number of aromatic amines is 2. The van der Waals surface area contributed by atoms with Crippen LogP contribution in [0.5, 0.6) is 0 Å². The van der Waals surface area contributed by atoms with Crippen LogP contribution in [0.2, 0.25) is 0 Å². The van der Waals surface area contributed by atoms with E-state index >= 15 is 0 Å². The Balaban J connectivity index is 0.00000160. The average molecular weight is 1020 g/mol. The van der Waals surface area contributed by atoms with Gasteiger partial charge in [0.15, 0.2) is 43.4 Å². The van der Waals surface area contributed by atoms with Crippen molar-refractivity contribution >= 4 is 78.7 Å². The molecule has 8 bridgehead atoms. The summed E-state index contributed by atoms with van der Waals surface area (Å²) < 4.78 is 8.45. The van der Waals surface area contributed by atoms with Crippen LogP contribution >= 0.6 is 0 Å².